The zero-order valence-electron chi connectivity index (χ0n) is 13.9. The summed E-state index contributed by atoms with van der Waals surface area (Å²) < 4.78 is 28.3. The number of rotatable bonds is 6. The number of piperazine rings is 1. The lowest BCUT2D eigenvalue weighted by Gasteiger charge is -2.37. The molecule has 2 aromatic rings. The fraction of sp³-hybridized carbons (Fsp3) is 0.500. The molecule has 1 aliphatic heterocycles. The first-order valence-corrected chi connectivity index (χ1v) is 11.2. The van der Waals surface area contributed by atoms with Gasteiger partial charge < -0.3 is 4.90 Å². The molecule has 1 unspecified atom stereocenters. The fourth-order valence-corrected chi connectivity index (χ4v) is 5.95. The van der Waals surface area contributed by atoms with Crippen molar-refractivity contribution in [2.75, 3.05) is 39.8 Å². The van der Waals surface area contributed by atoms with Gasteiger partial charge in [-0.2, -0.15) is 11.3 Å². The molecule has 1 N–H and O–H groups in total. The van der Waals surface area contributed by atoms with Crippen LogP contribution in [0, 0.1) is 6.92 Å². The molecule has 0 radical (unpaired) electrons. The van der Waals surface area contributed by atoms with Crippen LogP contribution in [0.3, 0.4) is 0 Å². The molecule has 3 heterocycles. The van der Waals surface area contributed by atoms with Crippen molar-refractivity contribution in [3.8, 4) is 0 Å². The van der Waals surface area contributed by atoms with Crippen molar-refractivity contribution in [1.29, 1.82) is 0 Å². The summed E-state index contributed by atoms with van der Waals surface area (Å²) in [6.45, 7) is 6.25. The van der Waals surface area contributed by atoms with E-state index in [9.17, 15) is 8.42 Å². The van der Waals surface area contributed by atoms with Gasteiger partial charge in [0.05, 0.1) is 0 Å². The van der Waals surface area contributed by atoms with E-state index in [4.69, 9.17) is 0 Å². The van der Waals surface area contributed by atoms with E-state index < -0.39 is 10.0 Å². The van der Waals surface area contributed by atoms with Crippen molar-refractivity contribution in [3.05, 3.63) is 39.4 Å². The maximum atomic E-state index is 12.5. The first-order chi connectivity index (χ1) is 11.5. The van der Waals surface area contributed by atoms with Gasteiger partial charge in [-0.3, -0.25) is 4.90 Å². The van der Waals surface area contributed by atoms with E-state index in [1.807, 2.05) is 13.0 Å². The summed E-state index contributed by atoms with van der Waals surface area (Å²) in [4.78, 5) is 5.69. The van der Waals surface area contributed by atoms with Crippen LogP contribution in [-0.2, 0) is 10.0 Å². The Kier molecular flexibility index (Phi) is 5.74. The lowest BCUT2D eigenvalue weighted by atomic mass is 10.1. The van der Waals surface area contributed by atoms with Crippen LogP contribution in [0.2, 0.25) is 0 Å². The largest absolute Gasteiger partial charge is 0.304 e. The summed E-state index contributed by atoms with van der Waals surface area (Å²) in [5.41, 5.74) is 1.19. The van der Waals surface area contributed by atoms with Crippen LogP contribution in [0.25, 0.3) is 0 Å². The Morgan fingerprint density at radius 3 is 2.54 bits per heavy atom. The second kappa shape index (κ2) is 7.63. The molecule has 3 rings (SSSR count). The number of nitrogens with one attached hydrogen (secondary N) is 1. The molecule has 1 fully saturated rings. The third-order valence-electron chi connectivity index (χ3n) is 4.35. The molecule has 1 aliphatic rings. The molecule has 0 bridgehead atoms. The van der Waals surface area contributed by atoms with Gasteiger partial charge in [-0.25, -0.2) is 13.1 Å². The minimum atomic E-state index is -3.44. The molecule has 5 nitrogen and oxygen atoms in total. The third kappa shape index (κ3) is 4.25. The summed E-state index contributed by atoms with van der Waals surface area (Å²) in [6.07, 6.45) is 0. The van der Waals surface area contributed by atoms with Crippen LogP contribution < -0.4 is 4.72 Å². The van der Waals surface area contributed by atoms with E-state index in [1.165, 1.54) is 16.9 Å². The van der Waals surface area contributed by atoms with E-state index in [0.717, 1.165) is 31.1 Å². The summed E-state index contributed by atoms with van der Waals surface area (Å²) in [6, 6.07) is 5.70. The van der Waals surface area contributed by atoms with Gasteiger partial charge in [-0.1, -0.05) is 0 Å². The first-order valence-electron chi connectivity index (χ1n) is 7.96. The van der Waals surface area contributed by atoms with Crippen LogP contribution >= 0.6 is 22.7 Å². The van der Waals surface area contributed by atoms with E-state index in [0.29, 0.717) is 10.8 Å². The Balaban J connectivity index is 1.73. The highest BCUT2D eigenvalue weighted by Crippen LogP contribution is 2.25. The van der Waals surface area contributed by atoms with Crippen molar-refractivity contribution in [2.45, 2.75) is 17.2 Å². The number of hydrogen-bond acceptors (Lipinski definition) is 6. The number of aryl methyl sites for hydroxylation is 1. The number of hydrogen-bond donors (Lipinski definition) is 1. The van der Waals surface area contributed by atoms with Gasteiger partial charge >= 0.3 is 0 Å². The van der Waals surface area contributed by atoms with E-state index in [1.54, 1.807) is 17.4 Å². The van der Waals surface area contributed by atoms with Crippen LogP contribution in [0.15, 0.2) is 33.2 Å². The van der Waals surface area contributed by atoms with Crippen molar-refractivity contribution < 1.29 is 8.42 Å². The van der Waals surface area contributed by atoms with Gasteiger partial charge in [-0.05, 0) is 48.5 Å². The topological polar surface area (TPSA) is 52.7 Å². The summed E-state index contributed by atoms with van der Waals surface area (Å²) in [7, 11) is -1.32. The quantitative estimate of drug-likeness (QED) is 0.830. The standard InChI is InChI=1S/C16H23N3O2S3/c1-13-3-4-16(23-13)24(20,21)17-11-15(14-5-10-22-12-14)19-8-6-18(2)7-9-19/h3-5,10,12,15,17H,6-9,11H2,1-2H3. The SMILES string of the molecule is Cc1ccc(S(=O)(=O)NCC(c2ccsc2)N2CCN(C)CC2)s1. The lowest BCUT2D eigenvalue weighted by Crippen LogP contribution is -2.48. The molecule has 2 aromatic heterocycles. The molecular formula is C16H23N3O2S3. The van der Waals surface area contributed by atoms with Crippen LogP contribution in [-0.4, -0.2) is 58.0 Å². The molecule has 0 amide bonds. The maximum Gasteiger partial charge on any atom is 0.250 e. The molecule has 132 valence electrons. The molecular weight excluding hydrogens is 362 g/mol. The van der Waals surface area contributed by atoms with Crippen LogP contribution in [0.4, 0.5) is 0 Å². The minimum Gasteiger partial charge on any atom is -0.304 e. The van der Waals surface area contributed by atoms with Gasteiger partial charge in [-0.15, -0.1) is 11.3 Å². The van der Waals surface area contributed by atoms with Crippen molar-refractivity contribution >= 4 is 32.7 Å². The van der Waals surface area contributed by atoms with E-state index >= 15 is 0 Å². The van der Waals surface area contributed by atoms with E-state index in [2.05, 4.69) is 38.4 Å². The minimum absolute atomic E-state index is 0.0841. The van der Waals surface area contributed by atoms with Gasteiger partial charge in [0.15, 0.2) is 0 Å². The maximum absolute atomic E-state index is 12.5. The second-order valence-electron chi connectivity index (χ2n) is 6.13. The molecule has 1 atom stereocenters. The average Bonchev–Trinajstić information content (AvgIpc) is 3.21. The zero-order valence-corrected chi connectivity index (χ0v) is 16.4. The lowest BCUT2D eigenvalue weighted by molar-refractivity contribution is 0.113. The summed E-state index contributed by atoms with van der Waals surface area (Å²) in [5, 5.41) is 4.17. The Labute approximate surface area is 152 Å². The monoisotopic (exact) mass is 385 g/mol. The second-order valence-corrected chi connectivity index (χ2v) is 10.2. The molecule has 0 spiro atoms. The molecule has 0 aliphatic carbocycles. The smallest absolute Gasteiger partial charge is 0.250 e. The number of thiophene rings is 2. The predicted molar refractivity (Wildman–Crippen MR) is 100 cm³/mol. The highest BCUT2D eigenvalue weighted by molar-refractivity contribution is 7.91. The fourth-order valence-electron chi connectivity index (χ4n) is 2.87. The van der Waals surface area contributed by atoms with Crippen LogP contribution in [0.5, 0.6) is 0 Å². The van der Waals surface area contributed by atoms with Crippen molar-refractivity contribution in [2.24, 2.45) is 0 Å². The third-order valence-corrected chi connectivity index (χ3v) is 7.97. The zero-order chi connectivity index (χ0) is 17.2. The Bertz CT molecular complexity index is 747. The molecule has 8 heteroatoms. The molecule has 0 aromatic carbocycles. The molecule has 24 heavy (non-hydrogen) atoms. The van der Waals surface area contributed by atoms with Crippen LogP contribution in [0.1, 0.15) is 16.5 Å². The van der Waals surface area contributed by atoms with Gasteiger partial charge in [0, 0.05) is 43.6 Å². The van der Waals surface area contributed by atoms with E-state index in [-0.39, 0.29) is 6.04 Å². The van der Waals surface area contributed by atoms with Crippen molar-refractivity contribution in [3.63, 3.8) is 0 Å². The average molecular weight is 386 g/mol. The highest BCUT2D eigenvalue weighted by atomic mass is 32.2. The Morgan fingerprint density at radius 1 is 1.21 bits per heavy atom. The predicted octanol–water partition coefficient (Wildman–Crippen LogP) is 2.39. The molecule has 0 saturated carbocycles. The Hall–Kier alpha value is -0.770. The van der Waals surface area contributed by atoms with Crippen molar-refractivity contribution in [1.82, 2.24) is 14.5 Å². The number of sulfonamides is 1. The Morgan fingerprint density at radius 2 is 1.96 bits per heavy atom. The number of nitrogens with zero attached hydrogens (tertiary/aromatic N) is 2. The van der Waals surface area contributed by atoms with Gasteiger partial charge in [0.25, 0.3) is 0 Å². The number of likely N-dealkylation sites (N-methyl/N-ethyl adjacent to an activating group) is 1. The van der Waals surface area contributed by atoms with Gasteiger partial charge in [0.1, 0.15) is 4.21 Å². The highest BCUT2D eigenvalue weighted by Gasteiger charge is 2.26. The van der Waals surface area contributed by atoms with Gasteiger partial charge in [0.2, 0.25) is 10.0 Å². The summed E-state index contributed by atoms with van der Waals surface area (Å²) >= 11 is 2.96. The normalized spacial score (nSPS) is 18.8. The summed E-state index contributed by atoms with van der Waals surface area (Å²) in [5.74, 6) is 0. The molecule has 1 saturated heterocycles. The first kappa shape index (κ1) is 18.0.